The molecule has 7 nitrogen and oxygen atoms in total. The molecule has 7 heteroatoms. The number of carbonyl (C=O) groups excluding carboxylic acids is 3. The van der Waals surface area contributed by atoms with E-state index < -0.39 is 11.8 Å². The largest absolute Gasteiger partial charge is 0.361 e. The van der Waals surface area contributed by atoms with Crippen LogP contribution in [0, 0.1) is 5.92 Å². The minimum atomic E-state index is -1.09. The van der Waals surface area contributed by atoms with Crippen molar-refractivity contribution in [1.82, 2.24) is 5.43 Å². The number of anilines is 1. The summed E-state index contributed by atoms with van der Waals surface area (Å²) in [5.74, 6) is -1.88. The van der Waals surface area contributed by atoms with Crippen molar-refractivity contribution in [3.63, 3.8) is 0 Å². The first-order valence-corrected chi connectivity index (χ1v) is 8.02. The van der Waals surface area contributed by atoms with Crippen LogP contribution >= 0.6 is 0 Å². The predicted molar refractivity (Wildman–Crippen MR) is 91.2 cm³/mol. The fraction of sp³-hybridized carbons (Fsp3) is 0.412. The highest BCUT2D eigenvalue weighted by Gasteiger charge is 2.20. The van der Waals surface area contributed by atoms with Gasteiger partial charge in [0.15, 0.2) is 0 Å². The van der Waals surface area contributed by atoms with Gasteiger partial charge in [-0.3, -0.25) is 14.4 Å². The molecular weight excluding hydrogens is 308 g/mol. The first-order valence-electron chi connectivity index (χ1n) is 8.02. The number of nitrogens with zero attached hydrogens (tertiary/aromatic N) is 1. The van der Waals surface area contributed by atoms with E-state index in [-0.39, 0.29) is 11.8 Å². The highest BCUT2D eigenvalue weighted by atomic mass is 16.2. The maximum absolute atomic E-state index is 12.2. The summed E-state index contributed by atoms with van der Waals surface area (Å²) in [4.78, 5) is 33.9. The van der Waals surface area contributed by atoms with Crippen molar-refractivity contribution >= 4 is 29.1 Å². The van der Waals surface area contributed by atoms with E-state index in [2.05, 4.69) is 15.8 Å². The van der Waals surface area contributed by atoms with Crippen LogP contribution in [0.15, 0.2) is 29.4 Å². The van der Waals surface area contributed by atoms with Gasteiger partial charge in [0.2, 0.25) is 5.91 Å². The molecule has 1 aliphatic rings. The summed E-state index contributed by atoms with van der Waals surface area (Å²) in [6.45, 7) is 1.69. The lowest BCUT2D eigenvalue weighted by Gasteiger charge is -2.20. The Morgan fingerprint density at radius 2 is 1.71 bits per heavy atom. The molecule has 128 valence electrons. The number of rotatable bonds is 4. The second-order valence-electron chi connectivity index (χ2n) is 5.90. The number of hydrogen-bond acceptors (Lipinski definition) is 4. The molecule has 1 saturated carbocycles. The topological polar surface area (TPSA) is 114 Å². The molecule has 3 amide bonds. The fourth-order valence-corrected chi connectivity index (χ4v) is 2.66. The average Bonchev–Trinajstić information content (AvgIpc) is 2.60. The second kappa shape index (κ2) is 8.24. The number of amides is 3. The molecule has 1 aliphatic carbocycles. The number of nitrogens with two attached hydrogens (primary N) is 1. The van der Waals surface area contributed by atoms with Gasteiger partial charge in [-0.05, 0) is 37.5 Å². The van der Waals surface area contributed by atoms with E-state index in [1.54, 1.807) is 31.2 Å². The van der Waals surface area contributed by atoms with Crippen molar-refractivity contribution < 1.29 is 14.4 Å². The van der Waals surface area contributed by atoms with Gasteiger partial charge in [-0.25, -0.2) is 5.43 Å². The quantitative estimate of drug-likeness (QED) is 0.442. The van der Waals surface area contributed by atoms with Crippen LogP contribution in [0.3, 0.4) is 0 Å². The van der Waals surface area contributed by atoms with Crippen LogP contribution in [0.5, 0.6) is 0 Å². The summed E-state index contributed by atoms with van der Waals surface area (Å²) in [5.41, 5.74) is 8.91. The summed E-state index contributed by atoms with van der Waals surface area (Å²) in [7, 11) is 0. The van der Waals surface area contributed by atoms with Crippen LogP contribution in [0.1, 0.15) is 44.6 Å². The predicted octanol–water partition coefficient (Wildman–Crippen LogP) is 1.53. The third-order valence-corrected chi connectivity index (χ3v) is 4.10. The zero-order valence-corrected chi connectivity index (χ0v) is 13.7. The third-order valence-electron chi connectivity index (χ3n) is 4.10. The van der Waals surface area contributed by atoms with Crippen molar-refractivity contribution in [3.8, 4) is 0 Å². The standard InChI is InChI=1S/C17H22N4O3/c1-11(20-21-17(24)15(18)22)12-7-9-14(10-8-12)19-16(23)13-5-3-2-4-6-13/h7-10,13H,2-6H2,1H3,(H2,18,22)(H,19,23)(H,21,24)/b20-11+. The van der Waals surface area contributed by atoms with Gasteiger partial charge in [-0.15, -0.1) is 0 Å². The normalized spacial score (nSPS) is 15.6. The summed E-state index contributed by atoms with van der Waals surface area (Å²) in [5, 5.41) is 6.74. The molecule has 2 rings (SSSR count). The smallest absolute Gasteiger partial charge is 0.329 e. The monoisotopic (exact) mass is 330 g/mol. The lowest BCUT2D eigenvalue weighted by atomic mass is 9.88. The average molecular weight is 330 g/mol. The van der Waals surface area contributed by atoms with Crippen molar-refractivity contribution in [2.75, 3.05) is 5.32 Å². The van der Waals surface area contributed by atoms with Gasteiger partial charge in [0, 0.05) is 11.6 Å². The van der Waals surface area contributed by atoms with Crippen LogP contribution < -0.4 is 16.5 Å². The summed E-state index contributed by atoms with van der Waals surface area (Å²) >= 11 is 0. The number of benzene rings is 1. The molecule has 0 radical (unpaired) electrons. The van der Waals surface area contributed by atoms with E-state index >= 15 is 0 Å². The van der Waals surface area contributed by atoms with Crippen LogP contribution in [0.4, 0.5) is 5.69 Å². The minimum Gasteiger partial charge on any atom is -0.361 e. The first kappa shape index (κ1) is 17.7. The van der Waals surface area contributed by atoms with E-state index in [9.17, 15) is 14.4 Å². The van der Waals surface area contributed by atoms with Gasteiger partial charge in [0.05, 0.1) is 5.71 Å². The summed E-state index contributed by atoms with van der Waals surface area (Å²) in [6.07, 6.45) is 5.35. The highest BCUT2D eigenvalue weighted by molar-refractivity contribution is 6.34. The molecule has 24 heavy (non-hydrogen) atoms. The van der Waals surface area contributed by atoms with Crippen LogP contribution in [0.25, 0.3) is 0 Å². The number of primary amides is 1. The van der Waals surface area contributed by atoms with Gasteiger partial charge >= 0.3 is 11.8 Å². The first-order chi connectivity index (χ1) is 11.5. The maximum Gasteiger partial charge on any atom is 0.329 e. The molecule has 0 aromatic heterocycles. The molecule has 0 bridgehead atoms. The Balaban J connectivity index is 1.94. The third kappa shape index (κ3) is 4.91. The molecule has 1 aromatic rings. The number of nitrogens with one attached hydrogen (secondary N) is 2. The van der Waals surface area contributed by atoms with Gasteiger partial charge < -0.3 is 11.1 Å². The maximum atomic E-state index is 12.2. The molecular formula is C17H22N4O3. The zero-order valence-electron chi connectivity index (χ0n) is 13.7. The Hall–Kier alpha value is -2.70. The molecule has 0 saturated heterocycles. The minimum absolute atomic E-state index is 0.0709. The van der Waals surface area contributed by atoms with Gasteiger partial charge in [-0.1, -0.05) is 31.4 Å². The van der Waals surface area contributed by atoms with Crippen LogP contribution in [-0.4, -0.2) is 23.4 Å². The number of carbonyl (C=O) groups is 3. The van der Waals surface area contributed by atoms with Crippen LogP contribution in [-0.2, 0) is 14.4 Å². The molecule has 0 unspecified atom stereocenters. The molecule has 1 aromatic carbocycles. The SMILES string of the molecule is C/C(=N\NC(=O)C(N)=O)c1ccc(NC(=O)C2CCCCC2)cc1. The van der Waals surface area contributed by atoms with Crippen LogP contribution in [0.2, 0.25) is 0 Å². The lowest BCUT2D eigenvalue weighted by molar-refractivity contribution is -0.137. The Morgan fingerprint density at radius 1 is 1.08 bits per heavy atom. The molecule has 0 atom stereocenters. The van der Waals surface area contributed by atoms with E-state index in [0.717, 1.165) is 36.9 Å². The Bertz CT molecular complexity index is 646. The van der Waals surface area contributed by atoms with Crippen molar-refractivity contribution in [2.45, 2.75) is 39.0 Å². The Kier molecular flexibility index (Phi) is 6.06. The fourth-order valence-electron chi connectivity index (χ4n) is 2.66. The van der Waals surface area contributed by atoms with Gasteiger partial charge in [-0.2, -0.15) is 5.10 Å². The van der Waals surface area contributed by atoms with Gasteiger partial charge in [0.1, 0.15) is 0 Å². The second-order valence-corrected chi connectivity index (χ2v) is 5.90. The van der Waals surface area contributed by atoms with Gasteiger partial charge in [0.25, 0.3) is 0 Å². The molecule has 0 spiro atoms. The lowest BCUT2D eigenvalue weighted by Crippen LogP contribution is -2.33. The summed E-state index contributed by atoms with van der Waals surface area (Å²) < 4.78 is 0. The van der Waals surface area contributed by atoms with E-state index in [1.807, 2.05) is 0 Å². The number of hydrogen-bond donors (Lipinski definition) is 3. The molecule has 4 N–H and O–H groups in total. The van der Waals surface area contributed by atoms with Crippen molar-refractivity contribution in [3.05, 3.63) is 29.8 Å². The van der Waals surface area contributed by atoms with E-state index in [0.29, 0.717) is 5.71 Å². The highest BCUT2D eigenvalue weighted by Crippen LogP contribution is 2.25. The van der Waals surface area contributed by atoms with E-state index in [1.165, 1.54) is 6.42 Å². The molecule has 1 fully saturated rings. The van der Waals surface area contributed by atoms with E-state index in [4.69, 9.17) is 5.73 Å². The zero-order chi connectivity index (χ0) is 17.5. The molecule has 0 heterocycles. The Morgan fingerprint density at radius 3 is 2.29 bits per heavy atom. The Labute approximate surface area is 140 Å². The summed E-state index contributed by atoms with van der Waals surface area (Å²) in [6, 6.07) is 7.13. The molecule has 0 aliphatic heterocycles. The van der Waals surface area contributed by atoms with Crippen molar-refractivity contribution in [2.24, 2.45) is 16.8 Å². The number of hydrazone groups is 1. The van der Waals surface area contributed by atoms with Crippen molar-refractivity contribution in [1.29, 1.82) is 0 Å².